The van der Waals surface area contributed by atoms with Gasteiger partial charge in [-0.1, -0.05) is 65.2 Å². The maximum atomic E-state index is 5.44. The molecule has 0 amide bonds. The molecule has 0 saturated carbocycles. The van der Waals surface area contributed by atoms with Crippen LogP contribution in [0.5, 0.6) is 0 Å². The Hall–Kier alpha value is -0.0400. The van der Waals surface area contributed by atoms with E-state index in [1.165, 1.54) is 51.4 Å². The zero-order valence-electron chi connectivity index (χ0n) is 10.5. The summed E-state index contributed by atoms with van der Waals surface area (Å²) in [6, 6.07) is 0. The van der Waals surface area contributed by atoms with Gasteiger partial charge in [0.1, 0.15) is 0 Å². The van der Waals surface area contributed by atoms with E-state index in [0.717, 1.165) is 19.4 Å². The molecule has 1 nitrogen and oxygen atoms in total. The molecule has 15 heavy (non-hydrogen) atoms. The predicted molar refractivity (Wildman–Crippen MR) is 67.5 cm³/mol. The van der Waals surface area contributed by atoms with Gasteiger partial charge < -0.3 is 4.74 Å². The third kappa shape index (κ3) is 14.0. The van der Waals surface area contributed by atoms with Crippen molar-refractivity contribution >= 4 is 0 Å². The quantitative estimate of drug-likeness (QED) is 0.417. The van der Waals surface area contributed by atoms with Gasteiger partial charge >= 0.3 is 0 Å². The van der Waals surface area contributed by atoms with Gasteiger partial charge in [0, 0.05) is 6.61 Å². The fourth-order valence-electron chi connectivity index (χ4n) is 1.54. The van der Waals surface area contributed by atoms with Gasteiger partial charge in [0.2, 0.25) is 0 Å². The van der Waals surface area contributed by atoms with Crippen molar-refractivity contribution < 1.29 is 4.74 Å². The fraction of sp³-hybridized carbons (Fsp3) is 0.857. The van der Waals surface area contributed by atoms with Gasteiger partial charge in [-0.15, -0.1) is 0 Å². The van der Waals surface area contributed by atoms with Gasteiger partial charge in [-0.2, -0.15) is 0 Å². The molecule has 0 aliphatic heterocycles. The van der Waals surface area contributed by atoms with Crippen LogP contribution in [0.2, 0.25) is 0 Å². The first-order valence-corrected chi connectivity index (χ1v) is 6.64. The van der Waals surface area contributed by atoms with Gasteiger partial charge in [0.15, 0.2) is 0 Å². The molecule has 0 aromatic heterocycles. The molecule has 0 rings (SSSR count). The highest BCUT2D eigenvalue weighted by atomic mass is 16.5. The molecule has 0 heterocycles. The topological polar surface area (TPSA) is 9.23 Å². The molecule has 0 fully saturated rings. The van der Waals surface area contributed by atoms with Crippen LogP contribution in [0.3, 0.4) is 0 Å². The zero-order chi connectivity index (χ0) is 11.2. The van der Waals surface area contributed by atoms with E-state index < -0.39 is 0 Å². The predicted octanol–water partition coefficient (Wildman–Crippen LogP) is 4.92. The fourth-order valence-corrected chi connectivity index (χ4v) is 1.54. The minimum atomic E-state index is 0.913. The van der Waals surface area contributed by atoms with Crippen molar-refractivity contribution in [2.75, 3.05) is 6.61 Å². The van der Waals surface area contributed by atoms with Crippen LogP contribution < -0.4 is 0 Å². The molecule has 0 aromatic carbocycles. The van der Waals surface area contributed by atoms with Crippen LogP contribution in [0.25, 0.3) is 0 Å². The first kappa shape index (κ1) is 15.0. The van der Waals surface area contributed by atoms with Crippen molar-refractivity contribution in [1.29, 1.82) is 0 Å². The summed E-state index contributed by atoms with van der Waals surface area (Å²) in [5, 5.41) is 0. The van der Waals surface area contributed by atoms with Gasteiger partial charge in [0.05, 0.1) is 6.61 Å². The molecule has 0 bridgehead atoms. The van der Waals surface area contributed by atoms with E-state index in [1.54, 1.807) is 0 Å². The Bertz CT molecular complexity index is 89.5. The summed E-state index contributed by atoms with van der Waals surface area (Å²) < 4.78 is 5.44. The maximum Gasteiger partial charge on any atom is 0.0836 e. The zero-order valence-corrected chi connectivity index (χ0v) is 10.5. The summed E-state index contributed by atoms with van der Waals surface area (Å²) >= 11 is 0. The molecule has 0 aliphatic rings. The molecule has 0 aliphatic carbocycles. The smallest absolute Gasteiger partial charge is 0.0836 e. The second kappa shape index (κ2) is 14.0. The van der Waals surface area contributed by atoms with Gasteiger partial charge in [0.25, 0.3) is 0 Å². The summed E-state index contributed by atoms with van der Waals surface area (Å²) in [6.45, 7) is 8.95. The molecular weight excluding hydrogens is 184 g/mol. The normalized spacial score (nSPS) is 10.8. The summed E-state index contributed by atoms with van der Waals surface area (Å²) in [7, 11) is 0. The molecule has 0 aromatic rings. The third-order valence-electron chi connectivity index (χ3n) is 2.56. The van der Waals surface area contributed by atoms with Crippen molar-refractivity contribution in [3.63, 3.8) is 0 Å². The third-order valence-corrected chi connectivity index (χ3v) is 2.56. The summed E-state index contributed by atoms with van der Waals surface area (Å²) in [6.07, 6.45) is 12.6. The average molecular weight is 212 g/mol. The van der Waals surface area contributed by atoms with Crippen LogP contribution in [0.1, 0.15) is 71.1 Å². The second-order valence-corrected chi connectivity index (χ2v) is 4.15. The van der Waals surface area contributed by atoms with Crippen molar-refractivity contribution in [2.45, 2.75) is 71.1 Å². The van der Waals surface area contributed by atoms with Gasteiger partial charge in [-0.05, 0) is 12.8 Å². The SMILES string of the molecule is [CH2]CCCC[CH]OCCCCCCCC. The summed E-state index contributed by atoms with van der Waals surface area (Å²) in [5.74, 6) is 0. The lowest BCUT2D eigenvalue weighted by molar-refractivity contribution is 0.184. The highest BCUT2D eigenvalue weighted by Crippen LogP contribution is 2.06. The standard InChI is InChI=1S/C14H28O/c1-3-5-7-9-10-12-14-15-13-11-8-6-4-2/h13H,2-12,14H2,1H3. The molecule has 0 spiro atoms. The molecular formula is C14H28O. The van der Waals surface area contributed by atoms with E-state index in [-0.39, 0.29) is 0 Å². The van der Waals surface area contributed by atoms with Gasteiger partial charge in [-0.3, -0.25) is 0 Å². The van der Waals surface area contributed by atoms with Crippen molar-refractivity contribution in [2.24, 2.45) is 0 Å². The van der Waals surface area contributed by atoms with Crippen molar-refractivity contribution in [1.82, 2.24) is 0 Å². The Morgan fingerprint density at radius 3 is 2.40 bits per heavy atom. The summed E-state index contributed by atoms with van der Waals surface area (Å²) in [4.78, 5) is 0. The van der Waals surface area contributed by atoms with E-state index in [9.17, 15) is 0 Å². The number of ether oxygens (including phenoxy) is 1. The molecule has 0 N–H and O–H groups in total. The highest BCUT2D eigenvalue weighted by molar-refractivity contribution is 4.53. The Kier molecular flexibility index (Phi) is 13.9. The van der Waals surface area contributed by atoms with Crippen molar-refractivity contribution in [3.05, 3.63) is 13.5 Å². The Balaban J connectivity index is 2.81. The average Bonchev–Trinajstić information content (AvgIpc) is 2.26. The molecule has 2 radical (unpaired) electrons. The van der Waals surface area contributed by atoms with Crippen LogP contribution in [0.15, 0.2) is 0 Å². The van der Waals surface area contributed by atoms with Crippen LogP contribution in [0, 0.1) is 13.5 Å². The number of hydrogen-bond acceptors (Lipinski definition) is 1. The Labute approximate surface area is 96.6 Å². The van der Waals surface area contributed by atoms with Crippen LogP contribution >= 0.6 is 0 Å². The Morgan fingerprint density at radius 2 is 1.67 bits per heavy atom. The minimum Gasteiger partial charge on any atom is -0.376 e. The monoisotopic (exact) mass is 212 g/mol. The van der Waals surface area contributed by atoms with E-state index in [0.29, 0.717) is 0 Å². The largest absolute Gasteiger partial charge is 0.376 e. The molecule has 90 valence electrons. The molecule has 0 atom stereocenters. The number of rotatable bonds is 12. The number of unbranched alkanes of at least 4 members (excludes halogenated alkanes) is 8. The van der Waals surface area contributed by atoms with Crippen LogP contribution in [0.4, 0.5) is 0 Å². The van der Waals surface area contributed by atoms with Gasteiger partial charge in [-0.25, -0.2) is 0 Å². The molecule has 0 saturated heterocycles. The highest BCUT2D eigenvalue weighted by Gasteiger charge is 1.92. The molecule has 1 heteroatoms. The minimum absolute atomic E-state index is 0.913. The van der Waals surface area contributed by atoms with E-state index in [1.807, 2.05) is 6.61 Å². The van der Waals surface area contributed by atoms with E-state index in [4.69, 9.17) is 4.74 Å². The lowest BCUT2D eigenvalue weighted by atomic mass is 10.1. The summed E-state index contributed by atoms with van der Waals surface area (Å²) in [5.41, 5.74) is 0. The Morgan fingerprint density at radius 1 is 0.933 bits per heavy atom. The first-order chi connectivity index (χ1) is 7.41. The first-order valence-electron chi connectivity index (χ1n) is 6.64. The van der Waals surface area contributed by atoms with Crippen LogP contribution in [-0.4, -0.2) is 6.61 Å². The maximum absolute atomic E-state index is 5.44. The number of hydrogen-bond donors (Lipinski definition) is 0. The van der Waals surface area contributed by atoms with Crippen molar-refractivity contribution in [3.8, 4) is 0 Å². The van der Waals surface area contributed by atoms with Crippen LogP contribution in [-0.2, 0) is 4.74 Å². The second-order valence-electron chi connectivity index (χ2n) is 4.15. The van der Waals surface area contributed by atoms with E-state index in [2.05, 4.69) is 13.8 Å². The van der Waals surface area contributed by atoms with E-state index >= 15 is 0 Å². The molecule has 0 unspecified atom stereocenters. The lowest BCUT2D eigenvalue weighted by Gasteiger charge is -2.03. The lowest BCUT2D eigenvalue weighted by Crippen LogP contribution is -1.92.